The molecule has 2 aliphatic heterocycles. The van der Waals surface area contributed by atoms with Gasteiger partial charge in [0.1, 0.15) is 6.10 Å². The van der Waals surface area contributed by atoms with Gasteiger partial charge in [-0.3, -0.25) is 4.79 Å². The van der Waals surface area contributed by atoms with E-state index in [2.05, 4.69) is 20.8 Å². The lowest BCUT2D eigenvalue weighted by atomic mass is 9.43. The number of rotatable bonds is 0. The fraction of sp³-hybridized carbons (Fsp3) is 0.950. The first-order chi connectivity index (χ1) is 11.6. The average molecular weight is 352 g/mol. The Morgan fingerprint density at radius 1 is 1.08 bits per heavy atom. The second-order valence-electron chi connectivity index (χ2n) is 9.95. The number of carbonyl (C=O) groups excluding carboxylic acids is 1. The molecule has 0 radical (unpaired) electrons. The molecular formula is C20H32O5. The van der Waals surface area contributed by atoms with Crippen LogP contribution in [-0.4, -0.2) is 46.2 Å². The lowest BCUT2D eigenvalue weighted by Crippen LogP contribution is -2.70. The zero-order chi connectivity index (χ0) is 18.3. The third-order valence-electron chi connectivity index (χ3n) is 8.18. The minimum atomic E-state index is -0.911. The van der Waals surface area contributed by atoms with Gasteiger partial charge in [-0.15, -0.1) is 0 Å². The van der Waals surface area contributed by atoms with Crippen molar-refractivity contribution in [2.75, 3.05) is 6.61 Å². The van der Waals surface area contributed by atoms with Crippen LogP contribution in [0.15, 0.2) is 0 Å². The zero-order valence-corrected chi connectivity index (χ0v) is 15.9. The van der Waals surface area contributed by atoms with E-state index in [1.54, 1.807) is 0 Å². The van der Waals surface area contributed by atoms with Crippen LogP contribution in [0.2, 0.25) is 0 Å². The van der Waals surface area contributed by atoms with E-state index in [4.69, 9.17) is 9.47 Å². The highest BCUT2D eigenvalue weighted by Gasteiger charge is 2.72. The molecule has 2 heterocycles. The Hall–Kier alpha value is -0.490. The molecule has 4 rings (SSSR count). The Kier molecular flexibility index (Phi) is 3.78. The Morgan fingerprint density at radius 3 is 2.44 bits per heavy atom. The van der Waals surface area contributed by atoms with E-state index in [1.807, 2.05) is 6.92 Å². The summed E-state index contributed by atoms with van der Waals surface area (Å²) in [5.74, 6) is -0.511. The quantitative estimate of drug-likeness (QED) is 0.700. The van der Waals surface area contributed by atoms with Crippen LogP contribution in [0, 0.1) is 22.7 Å². The highest BCUT2D eigenvalue weighted by Crippen LogP contribution is 2.67. The summed E-state index contributed by atoms with van der Waals surface area (Å²) in [5.41, 5.74) is -1.40. The number of ketones is 1. The summed E-state index contributed by atoms with van der Waals surface area (Å²) >= 11 is 0. The van der Waals surface area contributed by atoms with Crippen LogP contribution in [0.25, 0.3) is 0 Å². The molecule has 7 atom stereocenters. The maximum absolute atomic E-state index is 13.0. The monoisotopic (exact) mass is 352 g/mol. The van der Waals surface area contributed by atoms with E-state index in [0.717, 1.165) is 32.1 Å². The Bertz CT molecular complexity index is 589. The SMILES string of the molecule is C[C@@H]1C(=O)[C@@H](O)[C@@H]2C(C)(C)CCC[C@]2(C)[C@@]12CC[C@@]1(CO[C@@H](O)C1)O2. The van der Waals surface area contributed by atoms with Crippen molar-refractivity contribution in [1.29, 1.82) is 0 Å². The summed E-state index contributed by atoms with van der Waals surface area (Å²) < 4.78 is 12.2. The second-order valence-corrected chi connectivity index (χ2v) is 9.95. The number of aliphatic hydroxyl groups is 2. The van der Waals surface area contributed by atoms with Crippen molar-refractivity contribution in [3.05, 3.63) is 0 Å². The average Bonchev–Trinajstić information content (AvgIpc) is 3.08. The van der Waals surface area contributed by atoms with Crippen LogP contribution in [0.1, 0.15) is 66.2 Å². The number of fused-ring (bicyclic) bond motifs is 2. The number of ether oxygens (including phenoxy) is 2. The largest absolute Gasteiger partial charge is 0.385 e. The zero-order valence-electron chi connectivity index (χ0n) is 15.9. The van der Waals surface area contributed by atoms with E-state index in [1.165, 1.54) is 0 Å². The van der Waals surface area contributed by atoms with Crippen molar-refractivity contribution >= 4 is 5.78 Å². The molecule has 2 saturated heterocycles. The van der Waals surface area contributed by atoms with Crippen LogP contribution >= 0.6 is 0 Å². The van der Waals surface area contributed by atoms with Gasteiger partial charge in [-0.2, -0.15) is 0 Å². The van der Waals surface area contributed by atoms with Crippen LogP contribution in [-0.2, 0) is 14.3 Å². The third-order valence-corrected chi connectivity index (χ3v) is 8.18. The first-order valence-corrected chi connectivity index (χ1v) is 9.79. The molecule has 25 heavy (non-hydrogen) atoms. The van der Waals surface area contributed by atoms with E-state index < -0.39 is 23.6 Å². The van der Waals surface area contributed by atoms with Crippen LogP contribution < -0.4 is 0 Å². The summed E-state index contributed by atoms with van der Waals surface area (Å²) in [5, 5.41) is 20.8. The van der Waals surface area contributed by atoms with Crippen LogP contribution in [0.3, 0.4) is 0 Å². The fourth-order valence-electron chi connectivity index (χ4n) is 7.02. The predicted octanol–water partition coefficient (Wildman–Crippen LogP) is 2.43. The van der Waals surface area contributed by atoms with Gasteiger partial charge in [0, 0.05) is 23.7 Å². The molecule has 0 aromatic rings. The van der Waals surface area contributed by atoms with Gasteiger partial charge in [0.05, 0.1) is 17.8 Å². The normalized spacial score (nSPS) is 55.0. The molecule has 0 aromatic heterocycles. The summed E-state index contributed by atoms with van der Waals surface area (Å²) in [7, 11) is 0. The van der Waals surface area contributed by atoms with Gasteiger partial charge in [0.2, 0.25) is 0 Å². The molecule has 0 aromatic carbocycles. The third kappa shape index (κ3) is 2.19. The summed E-state index contributed by atoms with van der Waals surface area (Å²) in [6.45, 7) is 8.92. The minimum Gasteiger partial charge on any atom is -0.385 e. The van der Waals surface area contributed by atoms with Crippen molar-refractivity contribution in [2.24, 2.45) is 22.7 Å². The highest BCUT2D eigenvalue weighted by atomic mass is 16.6. The molecule has 0 unspecified atom stereocenters. The van der Waals surface area contributed by atoms with Gasteiger partial charge in [0.15, 0.2) is 12.1 Å². The Morgan fingerprint density at radius 2 is 1.80 bits per heavy atom. The molecule has 0 bridgehead atoms. The fourth-order valence-corrected chi connectivity index (χ4v) is 7.02. The number of aliphatic hydroxyl groups excluding tert-OH is 2. The molecule has 2 aliphatic carbocycles. The minimum absolute atomic E-state index is 0.0750. The van der Waals surface area contributed by atoms with Gasteiger partial charge in [-0.05, 0) is 31.1 Å². The molecule has 2 N–H and O–H groups in total. The summed E-state index contributed by atoms with van der Waals surface area (Å²) in [6.07, 6.45) is 3.47. The second kappa shape index (κ2) is 5.28. The van der Waals surface area contributed by atoms with E-state index in [9.17, 15) is 15.0 Å². The lowest BCUT2D eigenvalue weighted by Gasteiger charge is -2.64. The molecule has 5 heteroatoms. The van der Waals surface area contributed by atoms with Gasteiger partial charge in [0.25, 0.3) is 0 Å². The van der Waals surface area contributed by atoms with Gasteiger partial charge in [-0.25, -0.2) is 0 Å². The first kappa shape index (κ1) is 17.9. The number of hydrogen-bond donors (Lipinski definition) is 2. The summed E-state index contributed by atoms with van der Waals surface area (Å²) in [4.78, 5) is 13.0. The van der Waals surface area contributed by atoms with Crippen molar-refractivity contribution in [2.45, 2.75) is 89.8 Å². The maximum Gasteiger partial charge on any atom is 0.167 e. The number of Topliss-reactive ketones (excluding diaryl/α,β-unsaturated/α-hetero) is 1. The van der Waals surface area contributed by atoms with Crippen molar-refractivity contribution in [3.8, 4) is 0 Å². The highest BCUT2D eigenvalue weighted by molar-refractivity contribution is 5.88. The molecular weight excluding hydrogens is 320 g/mol. The standard InChI is InChI=1S/C20H32O5/c1-12-14(22)15(23)16-17(2,3)6-5-7-18(16,4)20(12)9-8-19(25-20)10-13(21)24-11-19/h12-13,15-16,21,23H,5-11H2,1-4H3/t12-,13-,15-,16-,18+,19-,20-/m1/s1. The Balaban J connectivity index is 1.79. The van der Waals surface area contributed by atoms with Crippen molar-refractivity contribution in [3.63, 3.8) is 0 Å². The molecule has 5 nitrogen and oxygen atoms in total. The lowest BCUT2D eigenvalue weighted by molar-refractivity contribution is -0.257. The smallest absolute Gasteiger partial charge is 0.167 e. The van der Waals surface area contributed by atoms with Crippen LogP contribution in [0.5, 0.6) is 0 Å². The van der Waals surface area contributed by atoms with Crippen molar-refractivity contribution in [1.82, 2.24) is 0 Å². The van der Waals surface area contributed by atoms with E-state index in [0.29, 0.717) is 13.0 Å². The first-order valence-electron chi connectivity index (χ1n) is 9.79. The summed E-state index contributed by atoms with van der Waals surface area (Å²) in [6, 6.07) is 0. The Labute approximate surface area is 150 Å². The van der Waals surface area contributed by atoms with E-state index in [-0.39, 0.29) is 28.4 Å². The number of hydrogen-bond acceptors (Lipinski definition) is 5. The van der Waals surface area contributed by atoms with Crippen molar-refractivity contribution < 1.29 is 24.5 Å². The molecule has 4 aliphatic rings. The molecule has 142 valence electrons. The molecule has 4 fully saturated rings. The molecule has 2 saturated carbocycles. The van der Waals surface area contributed by atoms with Gasteiger partial charge >= 0.3 is 0 Å². The predicted molar refractivity (Wildman–Crippen MR) is 91.8 cm³/mol. The molecule has 2 spiro atoms. The van der Waals surface area contributed by atoms with Gasteiger partial charge < -0.3 is 19.7 Å². The topological polar surface area (TPSA) is 76.0 Å². The van der Waals surface area contributed by atoms with Crippen LogP contribution in [0.4, 0.5) is 0 Å². The molecule has 0 amide bonds. The maximum atomic E-state index is 13.0. The number of carbonyl (C=O) groups is 1. The van der Waals surface area contributed by atoms with Gasteiger partial charge in [-0.1, -0.05) is 34.1 Å². The van der Waals surface area contributed by atoms with E-state index >= 15 is 0 Å².